The zero-order valence-corrected chi connectivity index (χ0v) is 11.4. The Balaban J connectivity index is 2.15. The SMILES string of the molecule is COc1cc(CN(Oc2ccccc2)C(=O)O)ccc1O. The van der Waals surface area contributed by atoms with Crippen molar-refractivity contribution in [3.63, 3.8) is 0 Å². The van der Waals surface area contributed by atoms with E-state index in [4.69, 9.17) is 9.57 Å². The summed E-state index contributed by atoms with van der Waals surface area (Å²) in [5, 5.41) is 19.5. The first kappa shape index (κ1) is 14.5. The molecule has 1 amide bonds. The van der Waals surface area contributed by atoms with Crippen LogP contribution in [0, 0.1) is 0 Å². The Morgan fingerprint density at radius 2 is 1.90 bits per heavy atom. The molecule has 0 aromatic heterocycles. The van der Waals surface area contributed by atoms with Crippen LogP contribution in [0.1, 0.15) is 5.56 Å². The maximum atomic E-state index is 11.2. The summed E-state index contributed by atoms with van der Waals surface area (Å²) in [4.78, 5) is 16.6. The number of phenols is 1. The van der Waals surface area contributed by atoms with Crippen LogP contribution in [0.5, 0.6) is 17.2 Å². The van der Waals surface area contributed by atoms with Crippen molar-refractivity contribution in [2.75, 3.05) is 7.11 Å². The van der Waals surface area contributed by atoms with Crippen molar-refractivity contribution in [3.8, 4) is 17.2 Å². The number of hydrogen-bond donors (Lipinski definition) is 2. The molecule has 110 valence electrons. The molecule has 0 aliphatic rings. The van der Waals surface area contributed by atoms with Crippen LogP contribution in [0.2, 0.25) is 0 Å². The van der Waals surface area contributed by atoms with E-state index in [1.807, 2.05) is 6.07 Å². The zero-order chi connectivity index (χ0) is 15.2. The van der Waals surface area contributed by atoms with Gasteiger partial charge in [-0.3, -0.25) is 0 Å². The Bertz CT molecular complexity index is 615. The highest BCUT2D eigenvalue weighted by Crippen LogP contribution is 2.27. The smallest absolute Gasteiger partial charge is 0.441 e. The Morgan fingerprint density at radius 1 is 1.19 bits per heavy atom. The summed E-state index contributed by atoms with van der Waals surface area (Å²) in [6.45, 7) is 0.000861. The van der Waals surface area contributed by atoms with Crippen LogP contribution in [0.3, 0.4) is 0 Å². The number of carboxylic acid groups (broad SMARTS) is 1. The van der Waals surface area contributed by atoms with Crippen LogP contribution >= 0.6 is 0 Å². The van der Waals surface area contributed by atoms with Gasteiger partial charge in [0.15, 0.2) is 17.2 Å². The second-order valence-electron chi connectivity index (χ2n) is 4.23. The van der Waals surface area contributed by atoms with Gasteiger partial charge >= 0.3 is 6.09 Å². The van der Waals surface area contributed by atoms with Crippen LogP contribution in [0.15, 0.2) is 48.5 Å². The molecule has 0 aliphatic carbocycles. The predicted octanol–water partition coefficient (Wildman–Crippen LogP) is 2.87. The van der Waals surface area contributed by atoms with E-state index in [9.17, 15) is 15.0 Å². The summed E-state index contributed by atoms with van der Waals surface area (Å²) in [5.74, 6) is 0.690. The molecule has 2 aromatic rings. The average molecular weight is 289 g/mol. The summed E-state index contributed by atoms with van der Waals surface area (Å²) in [6.07, 6.45) is -1.22. The van der Waals surface area contributed by atoms with E-state index in [2.05, 4.69) is 0 Å². The van der Waals surface area contributed by atoms with Gasteiger partial charge in [-0.2, -0.15) is 0 Å². The van der Waals surface area contributed by atoms with Gasteiger partial charge in [0.2, 0.25) is 0 Å². The van der Waals surface area contributed by atoms with Gasteiger partial charge in [0, 0.05) is 0 Å². The van der Waals surface area contributed by atoms with Gasteiger partial charge in [0.1, 0.15) is 0 Å². The van der Waals surface area contributed by atoms with E-state index >= 15 is 0 Å². The molecule has 0 bridgehead atoms. The van der Waals surface area contributed by atoms with E-state index in [0.717, 1.165) is 5.06 Å². The van der Waals surface area contributed by atoms with E-state index in [-0.39, 0.29) is 18.0 Å². The highest BCUT2D eigenvalue weighted by atomic mass is 16.7. The minimum atomic E-state index is -1.22. The quantitative estimate of drug-likeness (QED) is 0.827. The number of hydroxylamine groups is 2. The molecule has 0 spiro atoms. The molecule has 6 heteroatoms. The van der Waals surface area contributed by atoms with Crippen molar-refractivity contribution in [2.45, 2.75) is 6.54 Å². The summed E-state index contributed by atoms with van der Waals surface area (Å²) >= 11 is 0. The number of methoxy groups -OCH3 is 1. The molecule has 0 aliphatic heterocycles. The number of para-hydroxylation sites is 1. The molecule has 0 saturated carbocycles. The van der Waals surface area contributed by atoms with Gasteiger partial charge in [0.25, 0.3) is 0 Å². The molecule has 2 N–H and O–H groups in total. The molecular weight excluding hydrogens is 274 g/mol. The Labute approximate surface area is 121 Å². The third-order valence-corrected chi connectivity index (χ3v) is 2.74. The lowest BCUT2D eigenvalue weighted by atomic mass is 10.2. The predicted molar refractivity (Wildman–Crippen MR) is 75.3 cm³/mol. The van der Waals surface area contributed by atoms with Crippen LogP contribution in [-0.2, 0) is 6.54 Å². The van der Waals surface area contributed by atoms with Crippen molar-refractivity contribution in [1.29, 1.82) is 0 Å². The third-order valence-electron chi connectivity index (χ3n) is 2.74. The number of carbonyl (C=O) groups is 1. The summed E-state index contributed by atoms with van der Waals surface area (Å²) < 4.78 is 4.99. The molecular formula is C15H15NO5. The molecule has 0 heterocycles. The van der Waals surface area contributed by atoms with Crippen molar-refractivity contribution < 1.29 is 24.6 Å². The summed E-state index contributed by atoms with van der Waals surface area (Å²) in [7, 11) is 1.42. The molecule has 21 heavy (non-hydrogen) atoms. The number of rotatable bonds is 5. The monoisotopic (exact) mass is 289 g/mol. The normalized spacial score (nSPS) is 9.95. The minimum absolute atomic E-state index is 0.000861. The Kier molecular flexibility index (Phi) is 4.50. The lowest BCUT2D eigenvalue weighted by molar-refractivity contribution is -0.0430. The van der Waals surface area contributed by atoms with Gasteiger partial charge in [-0.25, -0.2) is 4.79 Å². The van der Waals surface area contributed by atoms with Crippen molar-refractivity contribution >= 4 is 6.09 Å². The number of nitrogens with zero attached hydrogens (tertiary/aromatic N) is 1. The highest BCUT2D eigenvalue weighted by Gasteiger charge is 2.16. The van der Waals surface area contributed by atoms with E-state index in [1.54, 1.807) is 36.4 Å². The molecule has 0 fully saturated rings. The zero-order valence-electron chi connectivity index (χ0n) is 11.4. The summed E-state index contributed by atoms with van der Waals surface area (Å²) in [5.41, 5.74) is 0.628. The largest absolute Gasteiger partial charge is 0.504 e. The van der Waals surface area contributed by atoms with Crippen molar-refractivity contribution in [3.05, 3.63) is 54.1 Å². The standard InChI is InChI=1S/C15H15NO5/c1-20-14-9-11(7-8-13(14)17)10-16(15(18)19)21-12-5-3-2-4-6-12/h2-9,17H,10H2,1H3,(H,18,19). The first-order valence-electron chi connectivity index (χ1n) is 6.19. The fourth-order valence-corrected chi connectivity index (χ4v) is 1.73. The van der Waals surface area contributed by atoms with Gasteiger partial charge in [-0.15, -0.1) is 5.06 Å². The van der Waals surface area contributed by atoms with Crippen LogP contribution in [-0.4, -0.2) is 28.5 Å². The lowest BCUT2D eigenvalue weighted by Gasteiger charge is -2.19. The van der Waals surface area contributed by atoms with Gasteiger partial charge in [-0.1, -0.05) is 24.3 Å². The van der Waals surface area contributed by atoms with Gasteiger partial charge in [0.05, 0.1) is 13.7 Å². The molecule has 2 rings (SSSR count). The number of ether oxygens (including phenoxy) is 1. The average Bonchev–Trinajstić information content (AvgIpc) is 2.49. The first-order valence-corrected chi connectivity index (χ1v) is 6.19. The van der Waals surface area contributed by atoms with Crippen molar-refractivity contribution in [2.24, 2.45) is 0 Å². The molecule has 6 nitrogen and oxygen atoms in total. The second kappa shape index (κ2) is 6.51. The topological polar surface area (TPSA) is 79.2 Å². The van der Waals surface area contributed by atoms with E-state index in [0.29, 0.717) is 11.3 Å². The molecule has 0 atom stereocenters. The molecule has 0 radical (unpaired) electrons. The minimum Gasteiger partial charge on any atom is -0.504 e. The Hall–Kier alpha value is -2.89. The van der Waals surface area contributed by atoms with E-state index < -0.39 is 6.09 Å². The number of phenolic OH excluding ortho intramolecular Hbond substituents is 1. The van der Waals surface area contributed by atoms with E-state index in [1.165, 1.54) is 13.2 Å². The fourth-order valence-electron chi connectivity index (χ4n) is 1.73. The molecule has 2 aromatic carbocycles. The van der Waals surface area contributed by atoms with Gasteiger partial charge in [-0.05, 0) is 29.8 Å². The maximum absolute atomic E-state index is 11.2. The molecule has 0 saturated heterocycles. The lowest BCUT2D eigenvalue weighted by Crippen LogP contribution is -2.32. The first-order chi connectivity index (χ1) is 10.1. The summed E-state index contributed by atoms with van der Waals surface area (Å²) in [6, 6.07) is 13.2. The second-order valence-corrected chi connectivity index (χ2v) is 4.23. The maximum Gasteiger partial charge on any atom is 0.441 e. The van der Waals surface area contributed by atoms with Crippen LogP contribution < -0.4 is 9.57 Å². The number of amides is 1. The number of benzene rings is 2. The third kappa shape index (κ3) is 3.79. The van der Waals surface area contributed by atoms with Crippen LogP contribution in [0.25, 0.3) is 0 Å². The number of hydrogen-bond acceptors (Lipinski definition) is 4. The fraction of sp³-hybridized carbons (Fsp3) is 0.133. The Morgan fingerprint density at radius 3 is 2.52 bits per heavy atom. The van der Waals surface area contributed by atoms with Crippen molar-refractivity contribution in [1.82, 2.24) is 5.06 Å². The highest BCUT2D eigenvalue weighted by molar-refractivity contribution is 5.64. The number of aromatic hydroxyl groups is 1. The molecule has 0 unspecified atom stereocenters. The van der Waals surface area contributed by atoms with Gasteiger partial charge < -0.3 is 19.8 Å². The van der Waals surface area contributed by atoms with Crippen LogP contribution in [0.4, 0.5) is 4.79 Å².